The van der Waals surface area contributed by atoms with Gasteiger partial charge in [0.25, 0.3) is 0 Å². The molecule has 1 aromatic carbocycles. The van der Waals surface area contributed by atoms with Gasteiger partial charge in [0.15, 0.2) is 0 Å². The molecule has 0 aliphatic heterocycles. The predicted octanol–water partition coefficient (Wildman–Crippen LogP) is 3.35. The van der Waals surface area contributed by atoms with E-state index in [4.69, 9.17) is 4.74 Å². The summed E-state index contributed by atoms with van der Waals surface area (Å²) in [4.78, 5) is 11.8. The summed E-state index contributed by atoms with van der Waals surface area (Å²) in [6, 6.07) is 7.90. The average Bonchev–Trinajstić information content (AvgIpc) is 2.21. The van der Waals surface area contributed by atoms with Gasteiger partial charge in [-0.05, 0) is 33.3 Å². The Morgan fingerprint density at radius 1 is 1.19 bits per heavy atom. The van der Waals surface area contributed by atoms with Gasteiger partial charge in [0.05, 0.1) is 12.2 Å². The topological polar surface area (TPSA) is 26.3 Å². The zero-order valence-electron chi connectivity index (χ0n) is 10.3. The van der Waals surface area contributed by atoms with Crippen LogP contribution in [0.1, 0.15) is 31.9 Å². The Morgan fingerprint density at radius 3 is 2.19 bits per heavy atom. The molecule has 0 fully saturated rings. The molecule has 0 unspecified atom stereocenters. The van der Waals surface area contributed by atoms with Crippen LogP contribution in [0.15, 0.2) is 29.8 Å². The van der Waals surface area contributed by atoms with E-state index in [0.717, 1.165) is 11.1 Å². The number of ether oxygens (including phenoxy) is 1. The molecule has 0 aromatic heterocycles. The van der Waals surface area contributed by atoms with E-state index in [-0.39, 0.29) is 5.97 Å². The van der Waals surface area contributed by atoms with Crippen LogP contribution in [0.3, 0.4) is 0 Å². The van der Waals surface area contributed by atoms with Crippen LogP contribution < -0.4 is 0 Å². The molecule has 0 aliphatic carbocycles. The van der Waals surface area contributed by atoms with Crippen LogP contribution >= 0.6 is 0 Å². The minimum atomic E-state index is -0.244. The molecular weight excluding hydrogens is 200 g/mol. The third-order valence-corrected chi connectivity index (χ3v) is 2.32. The Morgan fingerprint density at radius 2 is 1.75 bits per heavy atom. The van der Waals surface area contributed by atoms with Gasteiger partial charge >= 0.3 is 5.97 Å². The molecule has 0 saturated carbocycles. The lowest BCUT2D eigenvalue weighted by atomic mass is 10.0. The number of esters is 1. The Labute approximate surface area is 96.9 Å². The highest BCUT2D eigenvalue weighted by Gasteiger charge is 2.14. The van der Waals surface area contributed by atoms with Gasteiger partial charge in [-0.3, -0.25) is 0 Å². The normalized spacial score (nSPS) is 9.75. The summed E-state index contributed by atoms with van der Waals surface area (Å²) >= 11 is 0. The summed E-state index contributed by atoms with van der Waals surface area (Å²) in [6.45, 7) is 8.09. The summed E-state index contributed by atoms with van der Waals surface area (Å²) in [5.74, 6) is -0.244. The molecule has 0 saturated heterocycles. The molecule has 2 heteroatoms. The molecule has 2 nitrogen and oxygen atoms in total. The highest BCUT2D eigenvalue weighted by molar-refractivity contribution is 6.17. The fourth-order valence-electron chi connectivity index (χ4n) is 1.53. The minimum absolute atomic E-state index is 0.244. The maximum absolute atomic E-state index is 11.8. The number of carbonyl (C=O) groups excluding carboxylic acids is 1. The molecule has 0 N–H and O–H groups in total. The van der Waals surface area contributed by atoms with Gasteiger partial charge in [-0.2, -0.15) is 0 Å². The van der Waals surface area contributed by atoms with E-state index in [9.17, 15) is 4.79 Å². The number of aryl methyl sites for hydroxylation is 1. The lowest BCUT2D eigenvalue weighted by Gasteiger charge is -2.09. The fourth-order valence-corrected chi connectivity index (χ4v) is 1.53. The van der Waals surface area contributed by atoms with Crippen LogP contribution in [0.4, 0.5) is 0 Å². The second kappa shape index (κ2) is 5.50. The zero-order valence-corrected chi connectivity index (χ0v) is 10.3. The third kappa shape index (κ3) is 2.96. The molecule has 0 spiro atoms. The van der Waals surface area contributed by atoms with Gasteiger partial charge < -0.3 is 4.74 Å². The first-order chi connectivity index (χ1) is 7.56. The van der Waals surface area contributed by atoms with Crippen molar-refractivity contribution in [1.82, 2.24) is 0 Å². The molecule has 0 bridgehead atoms. The number of allylic oxidation sites excluding steroid dienone is 1. The predicted molar refractivity (Wildman–Crippen MR) is 66.1 cm³/mol. The Kier molecular flexibility index (Phi) is 4.29. The third-order valence-electron chi connectivity index (χ3n) is 2.32. The highest BCUT2D eigenvalue weighted by Crippen LogP contribution is 2.20. The van der Waals surface area contributed by atoms with Crippen LogP contribution in [0.25, 0.3) is 5.57 Å². The number of rotatable bonds is 3. The Bertz CT molecular complexity index is 395. The standard InChI is InChI=1S/C14H18O2/c1-5-16-14(15)13(10(2)3)12-8-6-11(4)7-9-12/h6-9H,5H2,1-4H3. The summed E-state index contributed by atoms with van der Waals surface area (Å²) in [5, 5.41) is 0. The molecule has 1 aromatic rings. The van der Waals surface area contributed by atoms with Crippen LogP contribution in [-0.4, -0.2) is 12.6 Å². The summed E-state index contributed by atoms with van der Waals surface area (Å²) in [5.41, 5.74) is 3.74. The smallest absolute Gasteiger partial charge is 0.338 e. The molecule has 0 amide bonds. The van der Waals surface area contributed by atoms with Crippen molar-refractivity contribution in [3.05, 3.63) is 41.0 Å². The highest BCUT2D eigenvalue weighted by atomic mass is 16.5. The maximum Gasteiger partial charge on any atom is 0.338 e. The van der Waals surface area contributed by atoms with E-state index in [1.165, 1.54) is 5.56 Å². The molecular formula is C14H18O2. The molecule has 0 heterocycles. The quantitative estimate of drug-likeness (QED) is 0.574. The largest absolute Gasteiger partial charge is 0.462 e. The minimum Gasteiger partial charge on any atom is -0.462 e. The fraction of sp³-hybridized carbons (Fsp3) is 0.357. The summed E-state index contributed by atoms with van der Waals surface area (Å²) in [6.07, 6.45) is 0. The van der Waals surface area contributed by atoms with Crippen LogP contribution in [0.2, 0.25) is 0 Å². The van der Waals surface area contributed by atoms with Crippen molar-refractivity contribution < 1.29 is 9.53 Å². The average molecular weight is 218 g/mol. The van der Waals surface area contributed by atoms with Crippen LogP contribution in [-0.2, 0) is 9.53 Å². The monoisotopic (exact) mass is 218 g/mol. The number of benzene rings is 1. The van der Waals surface area contributed by atoms with Crippen molar-refractivity contribution in [3.8, 4) is 0 Å². The van der Waals surface area contributed by atoms with Crippen molar-refractivity contribution in [2.45, 2.75) is 27.7 Å². The zero-order chi connectivity index (χ0) is 12.1. The molecule has 0 radical (unpaired) electrons. The van der Waals surface area contributed by atoms with Crippen molar-refractivity contribution in [2.24, 2.45) is 0 Å². The second-order valence-electron chi connectivity index (χ2n) is 3.96. The second-order valence-corrected chi connectivity index (χ2v) is 3.96. The lowest BCUT2D eigenvalue weighted by Crippen LogP contribution is -2.08. The van der Waals surface area contributed by atoms with Crippen molar-refractivity contribution in [1.29, 1.82) is 0 Å². The van der Waals surface area contributed by atoms with Crippen LogP contribution in [0, 0.1) is 6.92 Å². The first-order valence-corrected chi connectivity index (χ1v) is 5.48. The van der Waals surface area contributed by atoms with Crippen molar-refractivity contribution >= 4 is 11.5 Å². The van der Waals surface area contributed by atoms with E-state index in [1.54, 1.807) is 0 Å². The molecule has 0 atom stereocenters. The van der Waals surface area contributed by atoms with E-state index in [0.29, 0.717) is 12.2 Å². The number of carbonyl (C=O) groups is 1. The van der Waals surface area contributed by atoms with Gasteiger partial charge in [0.1, 0.15) is 0 Å². The van der Waals surface area contributed by atoms with Gasteiger partial charge in [-0.1, -0.05) is 35.4 Å². The maximum atomic E-state index is 11.8. The molecule has 1 rings (SSSR count). The first-order valence-electron chi connectivity index (χ1n) is 5.48. The van der Waals surface area contributed by atoms with E-state index >= 15 is 0 Å². The van der Waals surface area contributed by atoms with Gasteiger partial charge in [0, 0.05) is 0 Å². The van der Waals surface area contributed by atoms with Crippen LogP contribution in [0.5, 0.6) is 0 Å². The SMILES string of the molecule is CCOC(=O)C(=C(C)C)c1ccc(C)cc1. The first kappa shape index (κ1) is 12.5. The number of hydrogen-bond donors (Lipinski definition) is 0. The number of hydrogen-bond acceptors (Lipinski definition) is 2. The molecule has 0 aliphatic rings. The summed E-state index contributed by atoms with van der Waals surface area (Å²) < 4.78 is 5.05. The van der Waals surface area contributed by atoms with E-state index in [2.05, 4.69) is 0 Å². The molecule has 16 heavy (non-hydrogen) atoms. The van der Waals surface area contributed by atoms with Gasteiger partial charge in [-0.15, -0.1) is 0 Å². The Balaban J connectivity index is 3.10. The summed E-state index contributed by atoms with van der Waals surface area (Å²) in [7, 11) is 0. The van der Waals surface area contributed by atoms with E-state index < -0.39 is 0 Å². The van der Waals surface area contributed by atoms with Gasteiger partial charge in [-0.25, -0.2) is 4.79 Å². The molecule has 86 valence electrons. The lowest BCUT2D eigenvalue weighted by molar-refractivity contribution is -0.136. The Hall–Kier alpha value is -1.57. The van der Waals surface area contributed by atoms with Crippen molar-refractivity contribution in [2.75, 3.05) is 6.61 Å². The van der Waals surface area contributed by atoms with Crippen molar-refractivity contribution in [3.63, 3.8) is 0 Å². The van der Waals surface area contributed by atoms with Gasteiger partial charge in [0.2, 0.25) is 0 Å². The van der Waals surface area contributed by atoms with E-state index in [1.807, 2.05) is 52.0 Å².